The van der Waals surface area contributed by atoms with Crippen LogP contribution in [-0.2, 0) is 4.79 Å². The zero-order valence-electron chi connectivity index (χ0n) is 11.5. The van der Waals surface area contributed by atoms with Gasteiger partial charge in [0.05, 0.1) is 6.10 Å². The van der Waals surface area contributed by atoms with E-state index < -0.39 is 0 Å². The summed E-state index contributed by atoms with van der Waals surface area (Å²) < 4.78 is 0. The van der Waals surface area contributed by atoms with Gasteiger partial charge in [0.15, 0.2) is 0 Å². The lowest BCUT2D eigenvalue weighted by molar-refractivity contribution is -0.107. The van der Waals surface area contributed by atoms with Gasteiger partial charge in [-0.2, -0.15) is 12.6 Å². The molecule has 0 bridgehead atoms. The average Bonchev–Trinajstić information content (AvgIpc) is 2.29. The number of unbranched alkanes of at least 4 members (excludes halogenated alkanes) is 7. The van der Waals surface area contributed by atoms with E-state index in [4.69, 9.17) is 5.11 Å². The largest absolute Gasteiger partial charge is 0.393 e. The Morgan fingerprint density at radius 2 is 1.65 bits per heavy atom. The van der Waals surface area contributed by atoms with Gasteiger partial charge >= 0.3 is 0 Å². The Bertz CT molecular complexity index is 138. The molecule has 0 heterocycles. The highest BCUT2D eigenvalue weighted by Gasteiger charge is 1.89. The molecule has 0 rings (SSSR count). The first kappa shape index (κ1) is 19.3. The van der Waals surface area contributed by atoms with Gasteiger partial charge < -0.3 is 9.90 Å². The molecule has 1 unspecified atom stereocenters. The average molecular weight is 262 g/mol. The number of carbonyl (C=O) groups excluding carboxylic acids is 1. The number of rotatable bonds is 10. The molecule has 17 heavy (non-hydrogen) atoms. The summed E-state index contributed by atoms with van der Waals surface area (Å²) in [6.45, 7) is 3.99. The maximum Gasteiger partial charge on any atom is 0.119 e. The summed E-state index contributed by atoms with van der Waals surface area (Å²) in [6.07, 6.45) is 11.4. The van der Waals surface area contributed by atoms with Crippen LogP contribution < -0.4 is 0 Å². The first-order valence-electron chi connectivity index (χ1n) is 6.91. The van der Waals surface area contributed by atoms with Crippen LogP contribution in [0.2, 0.25) is 0 Å². The molecule has 0 aromatic carbocycles. The number of aliphatic hydroxyl groups is 1. The van der Waals surface area contributed by atoms with Gasteiger partial charge in [0.1, 0.15) is 6.29 Å². The Balaban J connectivity index is 0. The summed E-state index contributed by atoms with van der Waals surface area (Å²) in [5.74, 6) is 0.775. The van der Waals surface area contributed by atoms with Crippen LogP contribution in [0.1, 0.15) is 71.6 Å². The van der Waals surface area contributed by atoms with Crippen molar-refractivity contribution in [1.29, 1.82) is 0 Å². The molecule has 0 aliphatic heterocycles. The van der Waals surface area contributed by atoms with E-state index in [2.05, 4.69) is 19.6 Å². The Morgan fingerprint density at radius 3 is 2.00 bits per heavy atom. The van der Waals surface area contributed by atoms with Crippen LogP contribution >= 0.6 is 12.6 Å². The third kappa shape index (κ3) is 25.9. The number of carbonyl (C=O) groups is 1. The normalized spacial score (nSPS) is 11.5. The van der Waals surface area contributed by atoms with Gasteiger partial charge in [-0.1, -0.05) is 45.4 Å². The topological polar surface area (TPSA) is 37.3 Å². The molecule has 1 N–H and O–H groups in total. The van der Waals surface area contributed by atoms with Crippen molar-refractivity contribution in [2.75, 3.05) is 5.75 Å². The van der Waals surface area contributed by atoms with E-state index in [-0.39, 0.29) is 6.10 Å². The number of thiol groups is 1. The van der Waals surface area contributed by atoms with E-state index in [1.165, 1.54) is 38.5 Å². The van der Waals surface area contributed by atoms with Crippen LogP contribution in [0, 0.1) is 0 Å². The Morgan fingerprint density at radius 1 is 1.12 bits per heavy atom. The molecule has 0 amide bonds. The van der Waals surface area contributed by atoms with E-state index in [1.54, 1.807) is 6.92 Å². The highest BCUT2D eigenvalue weighted by Crippen LogP contribution is 2.07. The zero-order chi connectivity index (χ0) is 13.4. The molecular weight excluding hydrogens is 232 g/mol. The Kier molecular flexibility index (Phi) is 20.9. The quantitative estimate of drug-likeness (QED) is 0.354. The van der Waals surface area contributed by atoms with Crippen LogP contribution in [-0.4, -0.2) is 23.2 Å². The van der Waals surface area contributed by atoms with Crippen LogP contribution in [0.15, 0.2) is 0 Å². The maximum absolute atomic E-state index is 9.94. The summed E-state index contributed by atoms with van der Waals surface area (Å²) >= 11 is 3.90. The fraction of sp³-hybridized carbons (Fsp3) is 0.929. The lowest BCUT2D eigenvalue weighted by Crippen LogP contribution is -1.98. The minimum Gasteiger partial charge on any atom is -0.393 e. The number of aldehydes is 1. The second-order valence-electron chi connectivity index (χ2n) is 4.44. The molecule has 1 atom stereocenters. The third-order valence-corrected chi connectivity index (χ3v) is 2.73. The molecule has 0 saturated heterocycles. The molecular formula is C14H30O2S. The van der Waals surface area contributed by atoms with Crippen molar-refractivity contribution in [2.24, 2.45) is 0 Å². The van der Waals surface area contributed by atoms with Crippen LogP contribution in [0.25, 0.3) is 0 Å². The van der Waals surface area contributed by atoms with Crippen molar-refractivity contribution in [3.05, 3.63) is 0 Å². The molecule has 2 nitrogen and oxygen atoms in total. The summed E-state index contributed by atoms with van der Waals surface area (Å²) in [4.78, 5) is 9.94. The van der Waals surface area contributed by atoms with E-state index in [9.17, 15) is 4.79 Å². The van der Waals surface area contributed by atoms with Crippen molar-refractivity contribution in [1.82, 2.24) is 0 Å². The molecule has 0 radical (unpaired) electrons. The number of hydrogen-bond acceptors (Lipinski definition) is 3. The first-order chi connectivity index (χ1) is 8.18. The van der Waals surface area contributed by atoms with E-state index in [0.717, 1.165) is 31.3 Å². The fourth-order valence-corrected chi connectivity index (χ4v) is 1.75. The fourth-order valence-electron chi connectivity index (χ4n) is 1.37. The predicted molar refractivity (Wildman–Crippen MR) is 78.8 cm³/mol. The molecule has 0 aliphatic carbocycles. The minimum absolute atomic E-state index is 0.178. The van der Waals surface area contributed by atoms with Gasteiger partial charge in [-0.15, -0.1) is 0 Å². The molecule has 0 saturated carbocycles. The standard InChI is InChI=1S/C10H20O.C4H10OS/c1-2-3-4-5-6-7-8-9-10-11;1-4(5)2-3-6/h10H,2-9H2,1H3;4-6H,2-3H2,1H3. The van der Waals surface area contributed by atoms with Gasteiger partial charge in [0.2, 0.25) is 0 Å². The van der Waals surface area contributed by atoms with E-state index in [1.807, 2.05) is 0 Å². The Hall–Kier alpha value is -0.0200. The summed E-state index contributed by atoms with van der Waals surface area (Å²) in [5, 5.41) is 8.50. The Labute approximate surface area is 113 Å². The van der Waals surface area contributed by atoms with Gasteiger partial charge in [-0.25, -0.2) is 0 Å². The van der Waals surface area contributed by atoms with Gasteiger partial charge in [0, 0.05) is 6.42 Å². The molecule has 3 heteroatoms. The maximum atomic E-state index is 9.94. The van der Waals surface area contributed by atoms with Crippen LogP contribution in [0.4, 0.5) is 0 Å². The lowest BCUT2D eigenvalue weighted by atomic mass is 10.1. The van der Waals surface area contributed by atoms with Gasteiger partial charge in [-0.05, 0) is 25.5 Å². The van der Waals surface area contributed by atoms with Crippen molar-refractivity contribution in [3.63, 3.8) is 0 Å². The van der Waals surface area contributed by atoms with Crippen LogP contribution in [0.5, 0.6) is 0 Å². The number of hydrogen-bond donors (Lipinski definition) is 2. The SMILES string of the molecule is CC(O)CCS.CCCCCCCCCC=O. The first-order valence-corrected chi connectivity index (χ1v) is 7.54. The molecule has 0 aromatic heterocycles. The van der Waals surface area contributed by atoms with Crippen molar-refractivity contribution >= 4 is 18.9 Å². The molecule has 0 fully saturated rings. The summed E-state index contributed by atoms with van der Waals surface area (Å²) in [7, 11) is 0. The molecule has 0 aliphatic rings. The third-order valence-electron chi connectivity index (χ3n) is 2.47. The number of aliphatic hydroxyl groups excluding tert-OH is 1. The minimum atomic E-state index is -0.178. The second kappa shape index (κ2) is 18.3. The molecule has 0 aromatic rings. The van der Waals surface area contributed by atoms with Crippen molar-refractivity contribution in [3.8, 4) is 0 Å². The highest BCUT2D eigenvalue weighted by atomic mass is 32.1. The molecule has 0 spiro atoms. The van der Waals surface area contributed by atoms with Crippen molar-refractivity contribution in [2.45, 2.75) is 77.7 Å². The van der Waals surface area contributed by atoms with E-state index >= 15 is 0 Å². The highest BCUT2D eigenvalue weighted by molar-refractivity contribution is 7.80. The van der Waals surface area contributed by atoms with Gasteiger partial charge in [-0.3, -0.25) is 0 Å². The van der Waals surface area contributed by atoms with Crippen LogP contribution in [0.3, 0.4) is 0 Å². The summed E-state index contributed by atoms with van der Waals surface area (Å²) in [5.41, 5.74) is 0. The van der Waals surface area contributed by atoms with E-state index in [0.29, 0.717) is 0 Å². The monoisotopic (exact) mass is 262 g/mol. The summed E-state index contributed by atoms with van der Waals surface area (Å²) in [6, 6.07) is 0. The van der Waals surface area contributed by atoms with Crippen molar-refractivity contribution < 1.29 is 9.90 Å². The van der Waals surface area contributed by atoms with Gasteiger partial charge in [0.25, 0.3) is 0 Å². The lowest BCUT2D eigenvalue weighted by Gasteiger charge is -1.97. The zero-order valence-corrected chi connectivity index (χ0v) is 12.4. The predicted octanol–water partition coefficient (Wildman–Crippen LogP) is 4.01. The molecule has 104 valence electrons. The second-order valence-corrected chi connectivity index (χ2v) is 4.89. The smallest absolute Gasteiger partial charge is 0.119 e.